The molecule has 0 spiro atoms. The largest absolute Gasteiger partial charge is 0.493 e. The van der Waals surface area contributed by atoms with E-state index in [2.05, 4.69) is 15.0 Å². The average Bonchev–Trinajstić information content (AvgIpc) is 3.39. The Morgan fingerprint density at radius 1 is 1.25 bits per heavy atom. The summed E-state index contributed by atoms with van der Waals surface area (Å²) in [4.78, 5) is 11.3. The van der Waals surface area contributed by atoms with Crippen molar-refractivity contribution in [2.75, 3.05) is 20.3 Å². The molecule has 0 bridgehead atoms. The van der Waals surface area contributed by atoms with Crippen LogP contribution in [0.4, 0.5) is 22.0 Å². The van der Waals surface area contributed by atoms with Gasteiger partial charge in [-0.3, -0.25) is 0 Å². The van der Waals surface area contributed by atoms with Gasteiger partial charge in [-0.1, -0.05) is 13.0 Å². The number of methoxy groups -OCH3 is 1. The zero-order valence-corrected chi connectivity index (χ0v) is 19.4. The van der Waals surface area contributed by atoms with Crippen LogP contribution in [0.3, 0.4) is 0 Å². The van der Waals surface area contributed by atoms with Gasteiger partial charge in [0.25, 0.3) is 0 Å². The molecule has 0 radical (unpaired) electrons. The van der Waals surface area contributed by atoms with Gasteiger partial charge in [-0.05, 0) is 19.1 Å². The first-order chi connectivity index (χ1) is 16.9. The number of aromatic nitrogens is 3. The number of imidazole rings is 1. The molecule has 8 nitrogen and oxygen atoms in total. The second-order valence-electron chi connectivity index (χ2n) is 8.72. The average molecular weight is 517 g/mol. The number of ether oxygens (including phenoxy) is 3. The first-order valence-corrected chi connectivity index (χ1v) is 11.0. The van der Waals surface area contributed by atoms with Crippen molar-refractivity contribution < 1.29 is 46.4 Å². The number of aliphatic hydroxyl groups is 2. The van der Waals surface area contributed by atoms with Crippen LogP contribution in [0.5, 0.6) is 11.6 Å². The van der Waals surface area contributed by atoms with E-state index >= 15 is 0 Å². The van der Waals surface area contributed by atoms with E-state index in [-0.39, 0.29) is 29.4 Å². The van der Waals surface area contributed by atoms with Gasteiger partial charge in [-0.15, -0.1) is 0 Å². The maximum absolute atomic E-state index is 14.5. The number of hydrogen-bond donors (Lipinski definition) is 3. The van der Waals surface area contributed by atoms with Crippen LogP contribution in [0.15, 0.2) is 24.4 Å². The number of benzene rings is 1. The molecule has 0 amide bonds. The highest BCUT2D eigenvalue weighted by atomic mass is 19.4. The normalized spacial score (nSPS) is 25.3. The number of rotatable bonds is 7. The summed E-state index contributed by atoms with van der Waals surface area (Å²) in [6.45, 7) is 1.35. The van der Waals surface area contributed by atoms with Crippen molar-refractivity contribution >= 4 is 11.0 Å². The minimum Gasteiger partial charge on any atom is -0.493 e. The lowest BCUT2D eigenvalue weighted by Gasteiger charge is -2.32. The summed E-state index contributed by atoms with van der Waals surface area (Å²) in [7, 11) is 1.09. The lowest BCUT2D eigenvalue weighted by Crippen LogP contribution is -2.46. The molecule has 3 aromatic rings. The van der Waals surface area contributed by atoms with Gasteiger partial charge in [-0.25, -0.2) is 14.4 Å². The van der Waals surface area contributed by atoms with Gasteiger partial charge in [0, 0.05) is 23.6 Å². The monoisotopic (exact) mass is 517 g/mol. The van der Waals surface area contributed by atoms with E-state index in [0.717, 1.165) is 20.1 Å². The molecule has 0 aliphatic carbocycles. The molecule has 36 heavy (non-hydrogen) atoms. The van der Waals surface area contributed by atoms with Crippen molar-refractivity contribution in [1.29, 1.82) is 0 Å². The molecule has 1 saturated heterocycles. The number of alkyl halides is 3. The summed E-state index contributed by atoms with van der Waals surface area (Å²) in [5.74, 6) is -5.52. The Labute approximate surface area is 202 Å². The Bertz CT molecular complexity index is 1250. The molecule has 1 aliphatic rings. The second-order valence-corrected chi connectivity index (χ2v) is 8.72. The maximum Gasteiger partial charge on any atom is 0.417 e. The van der Waals surface area contributed by atoms with E-state index in [9.17, 15) is 27.1 Å². The lowest BCUT2D eigenvalue weighted by atomic mass is 9.77. The van der Waals surface area contributed by atoms with E-state index in [1.165, 1.54) is 25.3 Å². The number of fused-ring (bicyclic) bond motifs is 1. The third kappa shape index (κ3) is 4.24. The fourth-order valence-electron chi connectivity index (χ4n) is 4.45. The lowest BCUT2D eigenvalue weighted by molar-refractivity contribution is -0.275. The number of nitrogens with zero attached hydrogens (tertiary/aromatic N) is 2. The molecule has 1 fully saturated rings. The van der Waals surface area contributed by atoms with Crippen molar-refractivity contribution in [3.05, 3.63) is 47.4 Å². The molecule has 4 rings (SSSR count). The van der Waals surface area contributed by atoms with E-state index in [4.69, 9.17) is 19.3 Å². The highest BCUT2D eigenvalue weighted by Crippen LogP contribution is 2.59. The SMILES string of the molecule is COc1c([C@H]2[C@H](c3nc4c(OC[C@H](O)CO)nccc4[nH]3)O[C@@](C)(C(F)(F)F)[C@H]2C)ccc(F)c1F. The summed E-state index contributed by atoms with van der Waals surface area (Å²) in [6, 6.07) is 3.50. The van der Waals surface area contributed by atoms with Crippen molar-refractivity contribution in [3.63, 3.8) is 0 Å². The van der Waals surface area contributed by atoms with Gasteiger partial charge < -0.3 is 29.4 Å². The van der Waals surface area contributed by atoms with Crippen molar-refractivity contribution in [1.82, 2.24) is 15.0 Å². The van der Waals surface area contributed by atoms with Gasteiger partial charge in [-0.2, -0.15) is 17.6 Å². The quantitative estimate of drug-likeness (QED) is 0.409. The first kappa shape index (κ1) is 26.0. The predicted octanol–water partition coefficient (Wildman–Crippen LogP) is 3.79. The van der Waals surface area contributed by atoms with Crippen LogP contribution in [-0.2, 0) is 4.74 Å². The maximum atomic E-state index is 14.5. The number of H-pyrrole nitrogens is 1. The Morgan fingerprint density at radius 3 is 2.61 bits per heavy atom. The minimum atomic E-state index is -4.80. The summed E-state index contributed by atoms with van der Waals surface area (Å²) in [6.07, 6.45) is -5.99. The van der Waals surface area contributed by atoms with E-state index in [0.29, 0.717) is 5.52 Å². The summed E-state index contributed by atoms with van der Waals surface area (Å²) < 4.78 is 87.0. The number of aromatic amines is 1. The molecule has 0 saturated carbocycles. The summed E-state index contributed by atoms with van der Waals surface area (Å²) in [5, 5.41) is 18.5. The van der Waals surface area contributed by atoms with Crippen LogP contribution >= 0.6 is 0 Å². The zero-order valence-electron chi connectivity index (χ0n) is 19.4. The minimum absolute atomic E-state index is 0.0111. The third-order valence-corrected chi connectivity index (χ3v) is 6.59. The van der Waals surface area contributed by atoms with Gasteiger partial charge >= 0.3 is 6.18 Å². The molecule has 0 unspecified atom stereocenters. The molecule has 3 N–H and O–H groups in total. The molecule has 196 valence electrons. The van der Waals surface area contributed by atoms with Crippen LogP contribution in [0.2, 0.25) is 0 Å². The highest BCUT2D eigenvalue weighted by molar-refractivity contribution is 5.79. The molecule has 3 heterocycles. The van der Waals surface area contributed by atoms with Crippen LogP contribution < -0.4 is 9.47 Å². The van der Waals surface area contributed by atoms with Crippen LogP contribution in [0.1, 0.15) is 37.3 Å². The summed E-state index contributed by atoms with van der Waals surface area (Å²) >= 11 is 0. The fourth-order valence-corrected chi connectivity index (χ4v) is 4.45. The van der Waals surface area contributed by atoms with E-state index < -0.39 is 59.8 Å². The number of pyridine rings is 1. The predicted molar refractivity (Wildman–Crippen MR) is 116 cm³/mol. The van der Waals surface area contributed by atoms with Gasteiger partial charge in [0.2, 0.25) is 11.7 Å². The Balaban J connectivity index is 1.84. The van der Waals surface area contributed by atoms with Gasteiger partial charge in [0.05, 0.1) is 19.2 Å². The Kier molecular flexibility index (Phi) is 6.84. The van der Waals surface area contributed by atoms with Crippen molar-refractivity contribution in [2.45, 2.75) is 43.8 Å². The highest BCUT2D eigenvalue weighted by Gasteiger charge is 2.65. The Hall–Kier alpha value is -3.03. The van der Waals surface area contributed by atoms with Gasteiger partial charge in [0.15, 0.2) is 22.7 Å². The Morgan fingerprint density at radius 2 is 1.97 bits per heavy atom. The molecule has 1 aromatic carbocycles. The summed E-state index contributed by atoms with van der Waals surface area (Å²) in [5.41, 5.74) is -2.17. The van der Waals surface area contributed by atoms with E-state index in [1.807, 2.05) is 0 Å². The third-order valence-electron chi connectivity index (χ3n) is 6.59. The smallest absolute Gasteiger partial charge is 0.417 e. The molecular weight excluding hydrogens is 493 g/mol. The number of halogens is 5. The zero-order chi connectivity index (χ0) is 26.4. The standard InChI is InChI=1S/C23H24F5N3O5/c1-10-15(12-4-5-13(24)16(25)18(12)34-3)19(36-22(10,2)23(26,27)28)20-30-14-6-7-29-21(17(14)31-20)35-9-11(33)8-32/h4-7,10-11,15,19,32-33H,8-9H2,1-3H3,(H,30,31)/t10-,11+,15-,19+,22+/m0/s1. The van der Waals surface area contributed by atoms with Crippen molar-refractivity contribution in [3.8, 4) is 11.6 Å². The van der Waals surface area contributed by atoms with Crippen molar-refractivity contribution in [2.24, 2.45) is 5.92 Å². The number of hydrogen-bond acceptors (Lipinski definition) is 7. The van der Waals surface area contributed by atoms with Gasteiger partial charge in [0.1, 0.15) is 24.6 Å². The van der Waals surface area contributed by atoms with Crippen LogP contribution in [0.25, 0.3) is 11.0 Å². The molecule has 1 aliphatic heterocycles. The molecule has 2 aromatic heterocycles. The topological polar surface area (TPSA) is 110 Å². The molecule has 5 atom stereocenters. The van der Waals surface area contributed by atoms with E-state index in [1.54, 1.807) is 0 Å². The fraction of sp³-hybridized carbons (Fsp3) is 0.478. The number of nitrogens with one attached hydrogen (secondary N) is 1. The van der Waals surface area contributed by atoms with Crippen LogP contribution in [-0.4, -0.2) is 63.4 Å². The number of aliphatic hydroxyl groups excluding tert-OH is 2. The second kappa shape index (κ2) is 9.45. The molecular formula is C23H24F5N3O5. The molecule has 13 heteroatoms. The van der Waals surface area contributed by atoms with Crippen LogP contribution in [0, 0.1) is 17.6 Å². The first-order valence-electron chi connectivity index (χ1n) is 11.0.